The summed E-state index contributed by atoms with van der Waals surface area (Å²) in [6.07, 6.45) is 0. The second-order valence-electron chi connectivity index (χ2n) is 4.44. The van der Waals surface area contributed by atoms with E-state index in [1.54, 1.807) is 19.9 Å². The first-order valence-corrected chi connectivity index (χ1v) is 5.64. The smallest absolute Gasteiger partial charge is 0.335 e. The Hall–Kier alpha value is -2.17. The van der Waals surface area contributed by atoms with Gasteiger partial charge in [-0.2, -0.15) is 0 Å². The molecule has 18 heavy (non-hydrogen) atoms. The van der Waals surface area contributed by atoms with Crippen LogP contribution >= 0.6 is 0 Å². The number of benzene rings is 1. The van der Waals surface area contributed by atoms with Crippen LogP contribution in [-0.2, 0) is 9.59 Å². The molecule has 1 saturated heterocycles. The second kappa shape index (κ2) is 4.25. The number of nitrogens with zero attached hydrogens (tertiary/aromatic N) is 1. The molecule has 94 valence electrons. The van der Waals surface area contributed by atoms with Crippen molar-refractivity contribution in [1.82, 2.24) is 0 Å². The van der Waals surface area contributed by atoms with E-state index in [-0.39, 0.29) is 29.2 Å². The molecular formula is C13H13NO4. The van der Waals surface area contributed by atoms with Crippen molar-refractivity contribution in [2.75, 3.05) is 4.90 Å². The number of hydrogen-bond donors (Lipinski definition) is 1. The van der Waals surface area contributed by atoms with Crippen LogP contribution in [0.4, 0.5) is 5.69 Å². The number of carboxylic acid groups (broad SMARTS) is 1. The van der Waals surface area contributed by atoms with Crippen molar-refractivity contribution < 1.29 is 19.5 Å². The Morgan fingerprint density at radius 3 is 2.22 bits per heavy atom. The lowest BCUT2D eigenvalue weighted by Crippen LogP contribution is -2.30. The summed E-state index contributed by atoms with van der Waals surface area (Å²) in [6, 6.07) is 5.84. The largest absolute Gasteiger partial charge is 0.478 e. The van der Waals surface area contributed by atoms with E-state index in [1.807, 2.05) is 0 Å². The zero-order chi connectivity index (χ0) is 13.4. The van der Waals surface area contributed by atoms with Crippen LogP contribution in [0.3, 0.4) is 0 Å². The van der Waals surface area contributed by atoms with Crippen molar-refractivity contribution in [3.63, 3.8) is 0 Å². The SMILES string of the molecule is CC1C(=O)N(c2cccc(C(=O)O)c2)C(=O)C1C. The molecule has 0 aromatic heterocycles. The van der Waals surface area contributed by atoms with Gasteiger partial charge in [-0.3, -0.25) is 14.5 Å². The van der Waals surface area contributed by atoms with Crippen molar-refractivity contribution >= 4 is 23.5 Å². The summed E-state index contributed by atoms with van der Waals surface area (Å²) < 4.78 is 0. The molecular weight excluding hydrogens is 234 g/mol. The van der Waals surface area contributed by atoms with E-state index in [0.29, 0.717) is 5.69 Å². The molecule has 2 atom stereocenters. The zero-order valence-electron chi connectivity index (χ0n) is 10.1. The highest BCUT2D eigenvalue weighted by atomic mass is 16.4. The van der Waals surface area contributed by atoms with Gasteiger partial charge in [0, 0.05) is 11.8 Å². The van der Waals surface area contributed by atoms with Crippen molar-refractivity contribution in [2.45, 2.75) is 13.8 Å². The molecule has 0 radical (unpaired) electrons. The van der Waals surface area contributed by atoms with Gasteiger partial charge in [0.15, 0.2) is 0 Å². The Kier molecular flexibility index (Phi) is 2.90. The first-order chi connectivity index (χ1) is 8.43. The Morgan fingerprint density at radius 1 is 1.17 bits per heavy atom. The van der Waals surface area contributed by atoms with Gasteiger partial charge in [-0.1, -0.05) is 19.9 Å². The maximum absolute atomic E-state index is 12.0. The lowest BCUT2D eigenvalue weighted by molar-refractivity contribution is -0.122. The number of anilines is 1. The van der Waals surface area contributed by atoms with Gasteiger partial charge in [-0.05, 0) is 18.2 Å². The molecule has 0 bridgehead atoms. The Balaban J connectivity index is 2.43. The highest BCUT2D eigenvalue weighted by Crippen LogP contribution is 2.30. The fourth-order valence-electron chi connectivity index (χ4n) is 1.98. The monoisotopic (exact) mass is 247 g/mol. The molecule has 1 aromatic rings. The number of rotatable bonds is 2. The molecule has 0 aliphatic carbocycles. The average Bonchev–Trinajstić information content (AvgIpc) is 2.54. The van der Waals surface area contributed by atoms with Crippen LogP contribution in [0, 0.1) is 11.8 Å². The van der Waals surface area contributed by atoms with E-state index in [9.17, 15) is 14.4 Å². The summed E-state index contributed by atoms with van der Waals surface area (Å²) in [5, 5.41) is 8.90. The minimum Gasteiger partial charge on any atom is -0.478 e. The summed E-state index contributed by atoms with van der Waals surface area (Å²) in [5.41, 5.74) is 0.376. The predicted molar refractivity (Wildman–Crippen MR) is 64.2 cm³/mol. The highest BCUT2D eigenvalue weighted by Gasteiger charge is 2.43. The molecule has 1 heterocycles. The van der Waals surface area contributed by atoms with Crippen LogP contribution in [0.2, 0.25) is 0 Å². The van der Waals surface area contributed by atoms with E-state index in [2.05, 4.69) is 0 Å². The maximum atomic E-state index is 12.0. The fourth-order valence-corrected chi connectivity index (χ4v) is 1.98. The third-order valence-electron chi connectivity index (χ3n) is 3.32. The molecule has 5 heteroatoms. The van der Waals surface area contributed by atoms with Crippen LogP contribution < -0.4 is 4.90 Å². The molecule has 1 aliphatic rings. The second-order valence-corrected chi connectivity index (χ2v) is 4.44. The normalized spacial score (nSPS) is 23.6. The minimum absolute atomic E-state index is 0.0558. The zero-order valence-corrected chi connectivity index (χ0v) is 10.1. The number of carboxylic acids is 1. The molecule has 5 nitrogen and oxygen atoms in total. The van der Waals surface area contributed by atoms with Crippen molar-refractivity contribution in [2.24, 2.45) is 11.8 Å². The molecule has 1 N–H and O–H groups in total. The van der Waals surface area contributed by atoms with Gasteiger partial charge < -0.3 is 5.11 Å². The lowest BCUT2D eigenvalue weighted by Gasteiger charge is -2.14. The molecule has 0 saturated carbocycles. The minimum atomic E-state index is -1.09. The summed E-state index contributed by atoms with van der Waals surface area (Å²) in [5.74, 6) is -2.39. The number of aromatic carboxylic acids is 1. The Morgan fingerprint density at radius 2 is 1.72 bits per heavy atom. The lowest BCUT2D eigenvalue weighted by atomic mass is 10.00. The van der Waals surface area contributed by atoms with E-state index >= 15 is 0 Å². The van der Waals surface area contributed by atoms with Crippen LogP contribution in [-0.4, -0.2) is 22.9 Å². The van der Waals surface area contributed by atoms with Gasteiger partial charge in [-0.15, -0.1) is 0 Å². The van der Waals surface area contributed by atoms with E-state index < -0.39 is 5.97 Å². The van der Waals surface area contributed by atoms with E-state index in [4.69, 9.17) is 5.11 Å². The van der Waals surface area contributed by atoms with Gasteiger partial charge >= 0.3 is 5.97 Å². The first-order valence-electron chi connectivity index (χ1n) is 5.64. The maximum Gasteiger partial charge on any atom is 0.335 e. The summed E-state index contributed by atoms with van der Waals surface area (Å²) >= 11 is 0. The van der Waals surface area contributed by atoms with Gasteiger partial charge in [0.2, 0.25) is 11.8 Å². The first kappa shape index (κ1) is 12.3. The van der Waals surface area contributed by atoms with Crippen molar-refractivity contribution in [1.29, 1.82) is 0 Å². The quantitative estimate of drug-likeness (QED) is 0.804. The summed E-state index contributed by atoms with van der Waals surface area (Å²) in [6.45, 7) is 3.40. The van der Waals surface area contributed by atoms with Gasteiger partial charge in [0.05, 0.1) is 11.3 Å². The van der Waals surface area contributed by atoms with E-state index in [0.717, 1.165) is 4.90 Å². The molecule has 1 aromatic carbocycles. The van der Waals surface area contributed by atoms with Gasteiger partial charge in [0.25, 0.3) is 0 Å². The third kappa shape index (κ3) is 1.77. The molecule has 2 unspecified atom stereocenters. The Labute approximate surface area is 104 Å². The standard InChI is InChI=1S/C13H13NO4/c1-7-8(2)12(16)14(11(7)15)10-5-3-4-9(6-10)13(17)18/h3-8H,1-2H3,(H,17,18). The summed E-state index contributed by atoms with van der Waals surface area (Å²) in [7, 11) is 0. The predicted octanol–water partition coefficient (Wildman–Crippen LogP) is 1.53. The number of imide groups is 1. The number of hydrogen-bond acceptors (Lipinski definition) is 3. The van der Waals surface area contributed by atoms with Crippen molar-refractivity contribution in [3.05, 3.63) is 29.8 Å². The number of amides is 2. The van der Waals surface area contributed by atoms with Crippen LogP contribution in [0.5, 0.6) is 0 Å². The molecule has 2 amide bonds. The molecule has 2 rings (SSSR count). The Bertz CT molecular complexity index is 518. The molecule has 1 aliphatic heterocycles. The summed E-state index contributed by atoms with van der Waals surface area (Å²) in [4.78, 5) is 35.9. The van der Waals surface area contributed by atoms with Crippen molar-refractivity contribution in [3.8, 4) is 0 Å². The average molecular weight is 247 g/mol. The van der Waals surface area contributed by atoms with Crippen LogP contribution in [0.1, 0.15) is 24.2 Å². The topological polar surface area (TPSA) is 74.7 Å². The highest BCUT2D eigenvalue weighted by molar-refractivity contribution is 6.21. The number of carbonyl (C=O) groups is 3. The molecule has 0 spiro atoms. The van der Waals surface area contributed by atoms with Gasteiger partial charge in [0.1, 0.15) is 0 Å². The van der Waals surface area contributed by atoms with E-state index in [1.165, 1.54) is 18.2 Å². The molecule has 1 fully saturated rings. The third-order valence-corrected chi connectivity index (χ3v) is 3.32. The van der Waals surface area contributed by atoms with Crippen LogP contribution in [0.15, 0.2) is 24.3 Å². The fraction of sp³-hybridized carbons (Fsp3) is 0.308. The number of carbonyl (C=O) groups excluding carboxylic acids is 2. The van der Waals surface area contributed by atoms with Gasteiger partial charge in [-0.25, -0.2) is 4.79 Å². The van der Waals surface area contributed by atoms with Crippen LogP contribution in [0.25, 0.3) is 0 Å².